The van der Waals surface area contributed by atoms with Crippen molar-refractivity contribution >= 4 is 22.5 Å². The molecule has 0 atom stereocenters. The summed E-state index contributed by atoms with van der Waals surface area (Å²) in [5.74, 6) is 0.408. The zero-order valence-corrected chi connectivity index (χ0v) is 16.2. The molecule has 1 aliphatic rings. The Labute approximate surface area is 161 Å². The lowest BCUT2D eigenvalue weighted by Gasteiger charge is -2.32. The van der Waals surface area contributed by atoms with E-state index in [9.17, 15) is 9.59 Å². The highest BCUT2D eigenvalue weighted by molar-refractivity contribution is 6.07. The molecule has 1 aliphatic heterocycles. The van der Waals surface area contributed by atoms with Crippen LogP contribution in [0.2, 0.25) is 0 Å². The second-order valence-electron chi connectivity index (χ2n) is 7.51. The first-order chi connectivity index (χ1) is 13.2. The third-order valence-electron chi connectivity index (χ3n) is 5.42. The van der Waals surface area contributed by atoms with Crippen LogP contribution >= 0.6 is 0 Å². The van der Waals surface area contributed by atoms with Crippen molar-refractivity contribution < 1.29 is 9.59 Å². The number of ketones is 1. The number of benzene rings is 2. The standard InChI is InChI=1S/C23H30N2O2/c1-2-7-20(26)10-6-15-25-16-13-19(14-17-25)24-23(27)22-12-5-9-18-8-3-4-11-21(18)22/h3-5,8-9,11-12,19H,2,6-7,10,13-17H2,1H3,(H,24,27). The van der Waals surface area contributed by atoms with Gasteiger partial charge in [-0.15, -0.1) is 0 Å². The summed E-state index contributed by atoms with van der Waals surface area (Å²) in [5.41, 5.74) is 0.755. The fourth-order valence-electron chi connectivity index (χ4n) is 3.89. The maximum atomic E-state index is 12.8. The van der Waals surface area contributed by atoms with E-state index in [2.05, 4.69) is 17.1 Å². The number of piperidine rings is 1. The lowest BCUT2D eigenvalue weighted by Crippen LogP contribution is -2.44. The Morgan fingerprint density at radius 2 is 1.78 bits per heavy atom. The Kier molecular flexibility index (Phi) is 6.99. The Morgan fingerprint density at radius 1 is 1.04 bits per heavy atom. The molecular formula is C23H30N2O2. The summed E-state index contributed by atoms with van der Waals surface area (Å²) in [4.78, 5) is 26.8. The molecule has 1 fully saturated rings. The lowest BCUT2D eigenvalue weighted by atomic mass is 10.0. The number of likely N-dealkylation sites (tertiary alicyclic amines) is 1. The Bertz CT molecular complexity index is 774. The van der Waals surface area contributed by atoms with E-state index in [1.165, 1.54) is 0 Å². The minimum atomic E-state index is 0.0235. The van der Waals surface area contributed by atoms with Crippen molar-refractivity contribution in [3.05, 3.63) is 48.0 Å². The van der Waals surface area contributed by atoms with Gasteiger partial charge >= 0.3 is 0 Å². The normalized spacial score (nSPS) is 15.7. The predicted molar refractivity (Wildman–Crippen MR) is 110 cm³/mol. The molecule has 1 heterocycles. The van der Waals surface area contributed by atoms with Gasteiger partial charge in [-0.3, -0.25) is 9.59 Å². The second kappa shape index (κ2) is 9.65. The summed E-state index contributed by atoms with van der Waals surface area (Å²) in [5, 5.41) is 5.32. The largest absolute Gasteiger partial charge is 0.349 e. The van der Waals surface area contributed by atoms with E-state index in [0.717, 1.165) is 61.7 Å². The van der Waals surface area contributed by atoms with Crippen molar-refractivity contribution in [3.63, 3.8) is 0 Å². The highest BCUT2D eigenvalue weighted by Crippen LogP contribution is 2.19. The van der Waals surface area contributed by atoms with Crippen molar-refractivity contribution in [3.8, 4) is 0 Å². The molecule has 2 aromatic rings. The van der Waals surface area contributed by atoms with Crippen molar-refractivity contribution in [2.45, 2.75) is 51.5 Å². The molecule has 0 spiro atoms. The highest BCUT2D eigenvalue weighted by atomic mass is 16.1. The molecule has 0 unspecified atom stereocenters. The van der Waals surface area contributed by atoms with Gasteiger partial charge in [0.1, 0.15) is 5.78 Å². The van der Waals surface area contributed by atoms with E-state index in [1.54, 1.807) is 0 Å². The van der Waals surface area contributed by atoms with Crippen molar-refractivity contribution in [1.82, 2.24) is 10.2 Å². The van der Waals surface area contributed by atoms with E-state index in [0.29, 0.717) is 18.6 Å². The van der Waals surface area contributed by atoms with E-state index in [4.69, 9.17) is 0 Å². The van der Waals surface area contributed by atoms with Gasteiger partial charge in [-0.25, -0.2) is 0 Å². The average molecular weight is 367 g/mol. The molecule has 0 aliphatic carbocycles. The van der Waals surface area contributed by atoms with E-state index in [-0.39, 0.29) is 11.9 Å². The van der Waals surface area contributed by atoms with Crippen LogP contribution in [0.5, 0.6) is 0 Å². The molecule has 4 heteroatoms. The first kappa shape index (κ1) is 19.6. The maximum Gasteiger partial charge on any atom is 0.252 e. The van der Waals surface area contributed by atoms with Gasteiger partial charge in [-0.05, 0) is 49.1 Å². The highest BCUT2D eigenvalue weighted by Gasteiger charge is 2.21. The van der Waals surface area contributed by atoms with Gasteiger partial charge in [-0.2, -0.15) is 0 Å². The van der Waals surface area contributed by atoms with Crippen LogP contribution in [-0.2, 0) is 4.79 Å². The molecule has 4 nitrogen and oxygen atoms in total. The molecule has 1 amide bonds. The average Bonchev–Trinajstić information content (AvgIpc) is 2.69. The van der Waals surface area contributed by atoms with E-state index < -0.39 is 0 Å². The minimum absolute atomic E-state index is 0.0235. The third-order valence-corrected chi connectivity index (χ3v) is 5.42. The number of nitrogens with zero attached hydrogens (tertiary/aromatic N) is 1. The zero-order chi connectivity index (χ0) is 19.1. The van der Waals surface area contributed by atoms with Crippen molar-refractivity contribution in [2.24, 2.45) is 0 Å². The molecule has 0 saturated carbocycles. The number of amides is 1. The van der Waals surface area contributed by atoms with E-state index >= 15 is 0 Å². The number of nitrogens with one attached hydrogen (secondary N) is 1. The van der Waals surface area contributed by atoms with Gasteiger partial charge in [-0.1, -0.05) is 43.3 Å². The van der Waals surface area contributed by atoms with Crippen LogP contribution in [-0.4, -0.2) is 42.3 Å². The number of fused-ring (bicyclic) bond motifs is 1. The minimum Gasteiger partial charge on any atom is -0.349 e. The number of Topliss-reactive ketones (excluding diaryl/α,β-unsaturated/α-hetero) is 1. The molecule has 3 rings (SSSR count). The molecule has 1 N–H and O–H groups in total. The topological polar surface area (TPSA) is 49.4 Å². The van der Waals surface area contributed by atoms with Gasteiger partial charge in [0.05, 0.1) is 0 Å². The Morgan fingerprint density at radius 3 is 2.56 bits per heavy atom. The number of hydrogen-bond donors (Lipinski definition) is 1. The zero-order valence-electron chi connectivity index (χ0n) is 16.2. The fourth-order valence-corrected chi connectivity index (χ4v) is 3.89. The van der Waals surface area contributed by atoms with Crippen LogP contribution in [0.25, 0.3) is 10.8 Å². The summed E-state index contributed by atoms with van der Waals surface area (Å²) >= 11 is 0. The number of carbonyl (C=O) groups excluding carboxylic acids is 2. The van der Waals surface area contributed by atoms with Gasteiger partial charge in [0.15, 0.2) is 0 Å². The van der Waals surface area contributed by atoms with Crippen molar-refractivity contribution in [2.75, 3.05) is 19.6 Å². The van der Waals surface area contributed by atoms with Gasteiger partial charge in [0.2, 0.25) is 0 Å². The second-order valence-corrected chi connectivity index (χ2v) is 7.51. The third kappa shape index (κ3) is 5.39. The van der Waals surface area contributed by atoms with Crippen LogP contribution in [0, 0.1) is 0 Å². The van der Waals surface area contributed by atoms with Gasteiger partial charge in [0.25, 0.3) is 5.91 Å². The summed E-state index contributed by atoms with van der Waals surface area (Å²) in [6.07, 6.45) is 5.25. The smallest absolute Gasteiger partial charge is 0.252 e. The van der Waals surface area contributed by atoms with Crippen LogP contribution < -0.4 is 5.32 Å². The Balaban J connectivity index is 1.46. The number of hydrogen-bond acceptors (Lipinski definition) is 3. The first-order valence-corrected chi connectivity index (χ1v) is 10.2. The number of rotatable bonds is 8. The van der Waals surface area contributed by atoms with Crippen LogP contribution in [0.15, 0.2) is 42.5 Å². The summed E-state index contributed by atoms with van der Waals surface area (Å²) < 4.78 is 0. The molecule has 2 aromatic carbocycles. The maximum absolute atomic E-state index is 12.8. The van der Waals surface area contributed by atoms with Crippen LogP contribution in [0.1, 0.15) is 55.8 Å². The molecular weight excluding hydrogens is 336 g/mol. The lowest BCUT2D eigenvalue weighted by molar-refractivity contribution is -0.119. The predicted octanol–water partition coefficient (Wildman–Crippen LogP) is 4.18. The number of carbonyl (C=O) groups is 2. The monoisotopic (exact) mass is 366 g/mol. The SMILES string of the molecule is CCCC(=O)CCCN1CCC(NC(=O)c2cccc3ccccc23)CC1. The van der Waals surface area contributed by atoms with Gasteiger partial charge < -0.3 is 10.2 Å². The van der Waals surface area contributed by atoms with Gasteiger partial charge in [0, 0.05) is 37.5 Å². The fraction of sp³-hybridized carbons (Fsp3) is 0.478. The van der Waals surface area contributed by atoms with Crippen LogP contribution in [0.4, 0.5) is 0 Å². The summed E-state index contributed by atoms with van der Waals surface area (Å²) in [6.45, 7) is 5.01. The first-order valence-electron chi connectivity index (χ1n) is 10.2. The molecule has 0 aromatic heterocycles. The summed E-state index contributed by atoms with van der Waals surface area (Å²) in [7, 11) is 0. The molecule has 0 radical (unpaired) electrons. The van der Waals surface area contributed by atoms with E-state index in [1.807, 2.05) is 42.5 Å². The molecule has 1 saturated heterocycles. The Hall–Kier alpha value is -2.20. The molecule has 0 bridgehead atoms. The van der Waals surface area contributed by atoms with Crippen molar-refractivity contribution in [1.29, 1.82) is 0 Å². The summed E-state index contributed by atoms with van der Waals surface area (Å²) in [6, 6.07) is 14.1. The molecule has 27 heavy (non-hydrogen) atoms. The molecule has 144 valence electrons. The van der Waals surface area contributed by atoms with Crippen LogP contribution in [0.3, 0.4) is 0 Å². The quantitative estimate of drug-likeness (QED) is 0.762.